The van der Waals surface area contributed by atoms with Crippen molar-refractivity contribution < 1.29 is 8.23 Å². The molecule has 0 atom stereocenters. The molecular weight excluding hydrogens is 236 g/mol. The standard InChI is InChI=1S/C10H23O2Si3/c1-9-13(3,4)11-15(7,8)12-14(5,6)10-2/h1,9-10H,2H2,3-8H3/q+1. The van der Waals surface area contributed by atoms with E-state index in [4.69, 9.17) is 14.8 Å². The molecule has 0 unspecified atom stereocenters. The minimum atomic E-state index is -2.08. The van der Waals surface area contributed by atoms with Gasteiger partial charge in [-0.05, 0) is 39.3 Å². The summed E-state index contributed by atoms with van der Waals surface area (Å²) in [6.45, 7) is 21.9. The van der Waals surface area contributed by atoms with Crippen LogP contribution in [0.3, 0.4) is 0 Å². The lowest BCUT2D eigenvalue weighted by Gasteiger charge is -2.35. The van der Waals surface area contributed by atoms with E-state index >= 15 is 0 Å². The van der Waals surface area contributed by atoms with Crippen LogP contribution >= 0.6 is 0 Å². The smallest absolute Gasteiger partial charge is 0.311 e. The van der Waals surface area contributed by atoms with Crippen LogP contribution < -0.4 is 0 Å². The molecule has 0 aliphatic rings. The minimum absolute atomic E-state index is 1.70. The second-order valence-electron chi connectivity index (χ2n) is 5.18. The molecule has 0 saturated heterocycles. The predicted molar refractivity (Wildman–Crippen MR) is 73.7 cm³/mol. The molecule has 0 aromatic carbocycles. The summed E-state index contributed by atoms with van der Waals surface area (Å²) in [7, 11) is -5.68. The first kappa shape index (κ1) is 15.0. The molecule has 0 aromatic heterocycles. The van der Waals surface area contributed by atoms with Gasteiger partial charge in [0.2, 0.25) is 0 Å². The minimum Gasteiger partial charge on any atom is -0.433 e. The van der Waals surface area contributed by atoms with Crippen LogP contribution in [0.15, 0.2) is 18.0 Å². The Hall–Kier alpha value is -0.0394. The molecule has 0 saturated carbocycles. The van der Waals surface area contributed by atoms with Crippen molar-refractivity contribution in [3.8, 4) is 0 Å². The van der Waals surface area contributed by atoms with Crippen LogP contribution in [0.5, 0.6) is 0 Å². The molecule has 0 rings (SSSR count). The molecule has 0 aromatic rings. The second-order valence-corrected chi connectivity index (χ2v) is 16.8. The maximum absolute atomic E-state index is 6.11. The van der Waals surface area contributed by atoms with Gasteiger partial charge in [0.25, 0.3) is 8.32 Å². The van der Waals surface area contributed by atoms with Crippen molar-refractivity contribution in [1.82, 2.24) is 0 Å². The molecule has 15 heavy (non-hydrogen) atoms. The number of rotatable bonds is 6. The van der Waals surface area contributed by atoms with E-state index in [1.807, 2.05) is 5.70 Å². The lowest BCUT2D eigenvalue weighted by molar-refractivity contribution is 0.400. The molecule has 0 aliphatic heterocycles. The van der Waals surface area contributed by atoms with Crippen LogP contribution in [-0.4, -0.2) is 25.2 Å². The lowest BCUT2D eigenvalue weighted by atomic mass is 11.3. The van der Waals surface area contributed by atoms with Gasteiger partial charge < -0.3 is 8.23 Å². The van der Waals surface area contributed by atoms with E-state index in [1.165, 1.54) is 0 Å². The fraction of sp³-hybridized carbons (Fsp3) is 0.600. The molecule has 0 heterocycles. The van der Waals surface area contributed by atoms with Crippen LogP contribution in [0, 0.1) is 6.58 Å². The molecule has 0 amide bonds. The monoisotopic (exact) mass is 259 g/mol. The normalized spacial score (nSPS) is 13.7. The predicted octanol–water partition coefficient (Wildman–Crippen LogP) is 3.39. The van der Waals surface area contributed by atoms with Crippen molar-refractivity contribution >= 4 is 25.2 Å². The Kier molecular flexibility index (Phi) is 4.85. The zero-order valence-electron chi connectivity index (χ0n) is 10.8. The van der Waals surface area contributed by atoms with E-state index in [-0.39, 0.29) is 0 Å². The van der Waals surface area contributed by atoms with Gasteiger partial charge in [0.15, 0.2) is 20.6 Å². The van der Waals surface area contributed by atoms with Crippen molar-refractivity contribution in [2.45, 2.75) is 39.3 Å². The summed E-state index contributed by atoms with van der Waals surface area (Å²) < 4.78 is 12.2. The van der Waals surface area contributed by atoms with Gasteiger partial charge in [0, 0.05) is 0 Å². The molecule has 5 heteroatoms. The average molecular weight is 260 g/mol. The van der Waals surface area contributed by atoms with Crippen molar-refractivity contribution in [1.29, 1.82) is 0 Å². The summed E-state index contributed by atoms with van der Waals surface area (Å²) in [6.07, 6.45) is 0. The summed E-state index contributed by atoms with van der Waals surface area (Å²) in [5, 5.41) is 0. The Morgan fingerprint density at radius 1 is 0.933 bits per heavy atom. The van der Waals surface area contributed by atoms with Gasteiger partial charge in [0.1, 0.15) is 0 Å². The van der Waals surface area contributed by atoms with Crippen molar-refractivity contribution in [3.63, 3.8) is 0 Å². The molecular formula is C10H23O2Si3+. The highest BCUT2D eigenvalue weighted by molar-refractivity contribution is 6.90. The van der Waals surface area contributed by atoms with Crippen LogP contribution in [0.1, 0.15) is 0 Å². The first-order valence-electron chi connectivity index (χ1n) is 5.14. The molecule has 0 spiro atoms. The SMILES string of the molecule is [CH+]=C[Si](C)(C)O[Si](C)(C)O[Si](C)(C)C=C. The maximum atomic E-state index is 6.11. The van der Waals surface area contributed by atoms with E-state index in [0.717, 1.165) is 0 Å². The van der Waals surface area contributed by atoms with Crippen molar-refractivity contribution in [3.05, 3.63) is 24.6 Å². The quantitative estimate of drug-likeness (QED) is 0.538. The molecule has 0 fully saturated rings. The summed E-state index contributed by atoms with van der Waals surface area (Å²) >= 11 is 0. The summed E-state index contributed by atoms with van der Waals surface area (Å²) in [6, 6.07) is 0. The van der Waals surface area contributed by atoms with Gasteiger partial charge in [-0.3, -0.25) is 0 Å². The molecule has 0 bridgehead atoms. The number of hydrogen-bond donors (Lipinski definition) is 0. The first-order chi connectivity index (χ1) is 6.54. The third-order valence-electron chi connectivity index (χ3n) is 1.91. The van der Waals surface area contributed by atoms with E-state index in [1.54, 1.807) is 5.70 Å². The van der Waals surface area contributed by atoms with Gasteiger partial charge in [0.05, 0.1) is 0 Å². The van der Waals surface area contributed by atoms with Crippen LogP contribution in [0.2, 0.25) is 39.3 Å². The number of hydrogen-bond acceptors (Lipinski definition) is 2. The Balaban J connectivity index is 4.56. The van der Waals surface area contributed by atoms with E-state index in [9.17, 15) is 0 Å². The fourth-order valence-corrected chi connectivity index (χ4v) is 12.6. The largest absolute Gasteiger partial charge is 0.433 e. The van der Waals surface area contributed by atoms with Gasteiger partial charge in [-0.25, -0.2) is 0 Å². The van der Waals surface area contributed by atoms with Crippen LogP contribution in [0.4, 0.5) is 0 Å². The summed E-state index contributed by atoms with van der Waals surface area (Å²) in [5.74, 6) is 0. The first-order valence-corrected chi connectivity index (χ1v) is 13.9. The molecule has 0 aliphatic carbocycles. The third kappa shape index (κ3) is 6.19. The highest BCUT2D eigenvalue weighted by Crippen LogP contribution is 2.21. The van der Waals surface area contributed by atoms with Gasteiger partial charge >= 0.3 is 8.56 Å². The fourth-order valence-electron chi connectivity index (χ4n) is 1.36. The zero-order valence-corrected chi connectivity index (χ0v) is 13.8. The van der Waals surface area contributed by atoms with E-state index in [2.05, 4.69) is 45.9 Å². The summed E-state index contributed by atoms with van der Waals surface area (Å²) in [5.41, 5.74) is 3.64. The maximum Gasteiger partial charge on any atom is 0.311 e. The second kappa shape index (κ2) is 4.86. The Morgan fingerprint density at radius 2 is 1.33 bits per heavy atom. The van der Waals surface area contributed by atoms with Gasteiger partial charge in [-0.15, -0.1) is 6.58 Å². The molecule has 0 radical (unpaired) electrons. The average Bonchev–Trinajstić information content (AvgIpc) is 2.00. The molecule has 86 valence electrons. The van der Waals surface area contributed by atoms with Gasteiger partial charge in [-0.1, -0.05) is 5.70 Å². The van der Waals surface area contributed by atoms with Crippen LogP contribution in [-0.2, 0) is 8.23 Å². The topological polar surface area (TPSA) is 18.5 Å². The zero-order chi connectivity index (χ0) is 12.3. The summed E-state index contributed by atoms with van der Waals surface area (Å²) in [4.78, 5) is 0. The highest BCUT2D eigenvalue weighted by atomic mass is 28.5. The van der Waals surface area contributed by atoms with E-state index < -0.39 is 25.2 Å². The highest BCUT2D eigenvalue weighted by Gasteiger charge is 2.39. The Bertz CT molecular complexity index is 223. The molecule has 2 nitrogen and oxygen atoms in total. The van der Waals surface area contributed by atoms with Crippen LogP contribution in [0.25, 0.3) is 0 Å². The molecule has 0 N–H and O–H groups in total. The van der Waals surface area contributed by atoms with E-state index in [0.29, 0.717) is 0 Å². The van der Waals surface area contributed by atoms with Crippen molar-refractivity contribution in [2.75, 3.05) is 0 Å². The lowest BCUT2D eigenvalue weighted by Crippen LogP contribution is -2.51. The van der Waals surface area contributed by atoms with Crippen molar-refractivity contribution in [2.24, 2.45) is 0 Å². The Labute approximate surface area is 97.5 Å². The van der Waals surface area contributed by atoms with Gasteiger partial charge in [-0.2, -0.15) is 0 Å². The third-order valence-corrected chi connectivity index (χ3v) is 11.8. The Morgan fingerprint density at radius 3 is 1.67 bits per heavy atom.